The fourth-order valence-corrected chi connectivity index (χ4v) is 3.23. The first kappa shape index (κ1) is 16.2. The maximum absolute atomic E-state index is 9.84. The zero-order chi connectivity index (χ0) is 14.2. The van der Waals surface area contributed by atoms with Crippen LogP contribution in [0.3, 0.4) is 0 Å². The molecule has 0 aromatic heterocycles. The van der Waals surface area contributed by atoms with E-state index in [-0.39, 0.29) is 6.10 Å². The summed E-state index contributed by atoms with van der Waals surface area (Å²) in [6.07, 6.45) is 5.47. The molecule has 4 atom stereocenters. The summed E-state index contributed by atoms with van der Waals surface area (Å²) in [4.78, 5) is 0. The van der Waals surface area contributed by atoms with Crippen LogP contribution in [0.1, 0.15) is 32.1 Å². The van der Waals surface area contributed by atoms with Crippen molar-refractivity contribution in [2.75, 3.05) is 39.5 Å². The molecule has 0 spiro atoms. The molecule has 0 amide bonds. The smallest absolute Gasteiger partial charge is 0.0897 e. The fraction of sp³-hybridized carbons (Fsp3) is 1.00. The van der Waals surface area contributed by atoms with Gasteiger partial charge in [0.1, 0.15) is 0 Å². The average Bonchev–Trinajstić information content (AvgIpc) is 3.09. The molecular formula is C15H29NO4. The molecule has 1 aliphatic carbocycles. The van der Waals surface area contributed by atoms with Gasteiger partial charge in [0.05, 0.1) is 25.4 Å². The SMILES string of the molecule is OCC1CCCC1CNCC(O)COCC1CCCO1. The molecule has 2 fully saturated rings. The van der Waals surface area contributed by atoms with Crippen molar-refractivity contribution in [3.8, 4) is 0 Å². The maximum Gasteiger partial charge on any atom is 0.0897 e. The largest absolute Gasteiger partial charge is 0.396 e. The molecule has 0 radical (unpaired) electrons. The zero-order valence-electron chi connectivity index (χ0n) is 12.3. The number of hydrogen-bond donors (Lipinski definition) is 3. The summed E-state index contributed by atoms with van der Waals surface area (Å²) in [7, 11) is 0. The van der Waals surface area contributed by atoms with Crippen molar-refractivity contribution in [1.82, 2.24) is 5.32 Å². The lowest BCUT2D eigenvalue weighted by molar-refractivity contribution is -0.0166. The van der Waals surface area contributed by atoms with E-state index in [0.29, 0.717) is 38.2 Å². The Bertz CT molecular complexity index is 258. The third kappa shape index (κ3) is 5.30. The van der Waals surface area contributed by atoms with Gasteiger partial charge < -0.3 is 25.0 Å². The summed E-state index contributed by atoms with van der Waals surface area (Å²) < 4.78 is 11.0. The molecule has 0 aromatic rings. The Morgan fingerprint density at radius 1 is 1.20 bits per heavy atom. The fourth-order valence-electron chi connectivity index (χ4n) is 3.23. The second kappa shape index (κ2) is 8.95. The number of ether oxygens (including phenoxy) is 2. The van der Waals surface area contributed by atoms with Gasteiger partial charge in [-0.1, -0.05) is 6.42 Å². The van der Waals surface area contributed by atoms with Gasteiger partial charge in [0.15, 0.2) is 0 Å². The van der Waals surface area contributed by atoms with Gasteiger partial charge in [-0.2, -0.15) is 0 Å². The molecule has 2 aliphatic rings. The number of aliphatic hydroxyl groups excluding tert-OH is 2. The first-order valence-electron chi connectivity index (χ1n) is 7.98. The Hall–Kier alpha value is -0.200. The molecule has 1 saturated carbocycles. The number of aliphatic hydroxyl groups is 2. The highest BCUT2D eigenvalue weighted by Crippen LogP contribution is 2.30. The van der Waals surface area contributed by atoms with E-state index < -0.39 is 6.10 Å². The molecule has 1 aliphatic heterocycles. The van der Waals surface area contributed by atoms with Crippen LogP contribution in [0.15, 0.2) is 0 Å². The monoisotopic (exact) mass is 287 g/mol. The minimum absolute atomic E-state index is 0.221. The number of hydrogen-bond acceptors (Lipinski definition) is 5. The van der Waals surface area contributed by atoms with E-state index >= 15 is 0 Å². The quantitative estimate of drug-likeness (QED) is 0.577. The second-order valence-corrected chi connectivity index (χ2v) is 6.12. The van der Waals surface area contributed by atoms with Gasteiger partial charge in [-0.05, 0) is 44.1 Å². The molecule has 0 bridgehead atoms. The number of nitrogens with one attached hydrogen (secondary N) is 1. The van der Waals surface area contributed by atoms with E-state index in [1.165, 1.54) is 12.8 Å². The van der Waals surface area contributed by atoms with E-state index in [4.69, 9.17) is 9.47 Å². The van der Waals surface area contributed by atoms with Crippen molar-refractivity contribution in [3.05, 3.63) is 0 Å². The van der Waals surface area contributed by atoms with E-state index in [2.05, 4.69) is 5.32 Å². The van der Waals surface area contributed by atoms with Crippen molar-refractivity contribution < 1.29 is 19.7 Å². The molecule has 2 rings (SSSR count). The Labute approximate surface area is 121 Å². The van der Waals surface area contributed by atoms with Crippen LogP contribution >= 0.6 is 0 Å². The van der Waals surface area contributed by atoms with Gasteiger partial charge >= 0.3 is 0 Å². The van der Waals surface area contributed by atoms with Crippen molar-refractivity contribution in [2.45, 2.75) is 44.3 Å². The molecule has 20 heavy (non-hydrogen) atoms. The Balaban J connectivity index is 1.48. The van der Waals surface area contributed by atoms with Gasteiger partial charge in [0.25, 0.3) is 0 Å². The normalized spacial score (nSPS) is 31.8. The van der Waals surface area contributed by atoms with Crippen LogP contribution in [0.4, 0.5) is 0 Å². The first-order valence-corrected chi connectivity index (χ1v) is 7.98. The molecule has 5 heteroatoms. The van der Waals surface area contributed by atoms with Crippen LogP contribution in [-0.2, 0) is 9.47 Å². The van der Waals surface area contributed by atoms with Crippen molar-refractivity contribution in [3.63, 3.8) is 0 Å². The molecule has 1 heterocycles. The molecule has 1 saturated heterocycles. The van der Waals surface area contributed by atoms with E-state index in [9.17, 15) is 10.2 Å². The summed E-state index contributed by atoms with van der Waals surface area (Å²) in [6, 6.07) is 0. The summed E-state index contributed by atoms with van der Waals surface area (Å²) in [5.74, 6) is 0.996. The molecule has 3 N–H and O–H groups in total. The van der Waals surface area contributed by atoms with E-state index in [0.717, 1.165) is 32.4 Å². The Kier molecular flexibility index (Phi) is 7.24. The van der Waals surface area contributed by atoms with Crippen LogP contribution in [0, 0.1) is 11.8 Å². The highest BCUT2D eigenvalue weighted by Gasteiger charge is 2.26. The van der Waals surface area contributed by atoms with Gasteiger partial charge in [0, 0.05) is 19.8 Å². The first-order chi connectivity index (χ1) is 9.79. The molecule has 5 nitrogen and oxygen atoms in total. The minimum Gasteiger partial charge on any atom is -0.396 e. The molecule has 0 aromatic carbocycles. The second-order valence-electron chi connectivity index (χ2n) is 6.12. The third-order valence-electron chi connectivity index (χ3n) is 4.48. The lowest BCUT2D eigenvalue weighted by atomic mass is 9.97. The van der Waals surface area contributed by atoms with Crippen molar-refractivity contribution in [1.29, 1.82) is 0 Å². The molecule has 118 valence electrons. The summed E-state index contributed by atoms with van der Waals surface area (Å²) >= 11 is 0. The highest BCUT2D eigenvalue weighted by atomic mass is 16.5. The van der Waals surface area contributed by atoms with Crippen molar-refractivity contribution >= 4 is 0 Å². The number of rotatable bonds is 9. The van der Waals surface area contributed by atoms with Crippen LogP contribution in [0.2, 0.25) is 0 Å². The van der Waals surface area contributed by atoms with Crippen molar-refractivity contribution in [2.24, 2.45) is 11.8 Å². The van der Waals surface area contributed by atoms with E-state index in [1.54, 1.807) is 0 Å². The Morgan fingerprint density at radius 2 is 2.05 bits per heavy atom. The topological polar surface area (TPSA) is 71.0 Å². The predicted octanol–water partition coefficient (Wildman–Crippen LogP) is 0.541. The molecule has 4 unspecified atom stereocenters. The Morgan fingerprint density at radius 3 is 2.80 bits per heavy atom. The zero-order valence-corrected chi connectivity index (χ0v) is 12.3. The summed E-state index contributed by atoms with van der Waals surface area (Å²) in [5.41, 5.74) is 0. The van der Waals surface area contributed by atoms with Crippen LogP contribution < -0.4 is 5.32 Å². The lowest BCUT2D eigenvalue weighted by Crippen LogP contribution is -2.35. The minimum atomic E-state index is -0.467. The van der Waals surface area contributed by atoms with Crippen LogP contribution in [0.5, 0.6) is 0 Å². The summed E-state index contributed by atoms with van der Waals surface area (Å²) in [5, 5.41) is 22.4. The highest BCUT2D eigenvalue weighted by molar-refractivity contribution is 4.79. The van der Waals surface area contributed by atoms with Gasteiger partial charge in [0.2, 0.25) is 0 Å². The van der Waals surface area contributed by atoms with Crippen LogP contribution in [-0.4, -0.2) is 61.9 Å². The van der Waals surface area contributed by atoms with Gasteiger partial charge in [-0.3, -0.25) is 0 Å². The average molecular weight is 287 g/mol. The molecular weight excluding hydrogens is 258 g/mol. The third-order valence-corrected chi connectivity index (χ3v) is 4.48. The standard InChI is InChI=1S/C15H29NO4/c17-9-13-4-1-3-12(13)7-16-8-14(18)10-19-11-15-5-2-6-20-15/h12-18H,1-11H2. The van der Waals surface area contributed by atoms with Crippen LogP contribution in [0.25, 0.3) is 0 Å². The maximum atomic E-state index is 9.84. The van der Waals surface area contributed by atoms with E-state index in [1.807, 2.05) is 0 Å². The lowest BCUT2D eigenvalue weighted by Gasteiger charge is -2.19. The predicted molar refractivity (Wildman–Crippen MR) is 76.6 cm³/mol. The van der Waals surface area contributed by atoms with Gasteiger partial charge in [-0.25, -0.2) is 0 Å². The summed E-state index contributed by atoms with van der Waals surface area (Å²) in [6.45, 7) is 3.52. The van der Waals surface area contributed by atoms with Gasteiger partial charge in [-0.15, -0.1) is 0 Å².